The molecule has 138 valence electrons. The first-order valence-corrected chi connectivity index (χ1v) is 9.54. The molecule has 1 aromatic carbocycles. The van der Waals surface area contributed by atoms with Crippen molar-refractivity contribution in [3.05, 3.63) is 18.2 Å². The van der Waals surface area contributed by atoms with Crippen LogP contribution in [-0.4, -0.2) is 52.1 Å². The Morgan fingerprint density at radius 1 is 1.12 bits per heavy atom. The highest BCUT2D eigenvalue weighted by Crippen LogP contribution is 2.32. The van der Waals surface area contributed by atoms with E-state index in [-0.39, 0.29) is 17.3 Å². The van der Waals surface area contributed by atoms with Gasteiger partial charge in [0, 0.05) is 25.2 Å². The van der Waals surface area contributed by atoms with Gasteiger partial charge in [-0.3, -0.25) is 0 Å². The van der Waals surface area contributed by atoms with Crippen LogP contribution in [0.2, 0.25) is 0 Å². The lowest BCUT2D eigenvalue weighted by molar-refractivity contribution is 0.286. The fraction of sp³-hybridized carbons (Fsp3) is 0.625. The molecule has 1 fully saturated rings. The van der Waals surface area contributed by atoms with E-state index in [1.165, 1.54) is 0 Å². The summed E-state index contributed by atoms with van der Waals surface area (Å²) in [5, 5.41) is 3.20. The van der Waals surface area contributed by atoms with Crippen molar-refractivity contribution in [2.75, 3.05) is 33.4 Å². The Morgan fingerprint density at radius 3 is 2.25 bits per heavy atom. The summed E-state index contributed by atoms with van der Waals surface area (Å²) in [6, 6.07) is 5.21. The number of nitrogens with zero attached hydrogens (tertiary/aromatic N) is 1. The molecule has 1 heterocycles. The zero-order valence-corrected chi connectivity index (χ0v) is 16.1. The number of piperidine rings is 1. The van der Waals surface area contributed by atoms with Gasteiger partial charge < -0.3 is 14.8 Å². The van der Waals surface area contributed by atoms with Crippen molar-refractivity contribution in [3.8, 4) is 11.5 Å². The smallest absolute Gasteiger partial charge is 0.243 e. The first-order chi connectivity index (χ1) is 11.0. The second-order valence-corrected chi connectivity index (χ2v) is 7.38. The molecule has 6 nitrogen and oxygen atoms in total. The van der Waals surface area contributed by atoms with Crippen molar-refractivity contribution in [3.63, 3.8) is 0 Å². The number of rotatable bonds is 7. The summed E-state index contributed by atoms with van der Waals surface area (Å²) in [4.78, 5) is 0.257. The highest BCUT2D eigenvalue weighted by molar-refractivity contribution is 7.89. The summed E-state index contributed by atoms with van der Waals surface area (Å²) in [5.41, 5.74) is 0. The minimum Gasteiger partial charge on any atom is -0.490 e. The maximum Gasteiger partial charge on any atom is 0.243 e. The van der Waals surface area contributed by atoms with E-state index in [2.05, 4.69) is 5.32 Å². The minimum absolute atomic E-state index is 0. The molecule has 2 rings (SSSR count). The topological polar surface area (TPSA) is 67.9 Å². The summed E-state index contributed by atoms with van der Waals surface area (Å²) >= 11 is 0. The molecule has 1 saturated heterocycles. The Bertz CT molecular complexity index is 617. The second-order valence-electron chi connectivity index (χ2n) is 5.44. The molecule has 0 aliphatic carbocycles. The van der Waals surface area contributed by atoms with Crippen LogP contribution in [0, 0.1) is 0 Å². The molecule has 0 unspecified atom stereocenters. The highest BCUT2D eigenvalue weighted by Gasteiger charge is 2.29. The first-order valence-electron chi connectivity index (χ1n) is 8.10. The minimum atomic E-state index is -3.50. The van der Waals surface area contributed by atoms with E-state index in [0.29, 0.717) is 43.8 Å². The zero-order chi connectivity index (χ0) is 16.9. The Balaban J connectivity index is 0.00000288. The molecule has 0 bridgehead atoms. The first kappa shape index (κ1) is 21.0. The van der Waals surface area contributed by atoms with Crippen LogP contribution in [0.3, 0.4) is 0 Å². The van der Waals surface area contributed by atoms with Crippen LogP contribution < -0.4 is 14.8 Å². The van der Waals surface area contributed by atoms with Gasteiger partial charge in [0.2, 0.25) is 10.0 Å². The SMILES string of the molecule is CCOc1ccc(S(=O)(=O)N2CCC(NC)CC2)cc1OCC.Cl. The van der Waals surface area contributed by atoms with Crippen molar-refractivity contribution in [2.24, 2.45) is 0 Å². The molecule has 0 saturated carbocycles. The monoisotopic (exact) mass is 378 g/mol. The van der Waals surface area contributed by atoms with Gasteiger partial charge in [-0.2, -0.15) is 4.31 Å². The fourth-order valence-electron chi connectivity index (χ4n) is 2.73. The molecule has 0 radical (unpaired) electrons. The van der Waals surface area contributed by atoms with Crippen LogP contribution in [0.4, 0.5) is 0 Å². The van der Waals surface area contributed by atoms with E-state index < -0.39 is 10.0 Å². The standard InChI is InChI=1S/C16H26N2O4S.ClH/c1-4-21-15-7-6-14(12-16(15)22-5-2)23(19,20)18-10-8-13(17-3)9-11-18;/h6-7,12-13,17H,4-5,8-11H2,1-3H3;1H. The molecule has 1 aromatic rings. The van der Waals surface area contributed by atoms with Gasteiger partial charge in [-0.1, -0.05) is 0 Å². The maximum absolute atomic E-state index is 12.8. The molecule has 24 heavy (non-hydrogen) atoms. The summed E-state index contributed by atoms with van der Waals surface area (Å²) in [6.07, 6.45) is 1.65. The van der Waals surface area contributed by atoms with E-state index in [4.69, 9.17) is 9.47 Å². The molecular formula is C16H27ClN2O4S. The lowest BCUT2D eigenvalue weighted by Crippen LogP contribution is -2.43. The van der Waals surface area contributed by atoms with Crippen molar-refractivity contribution < 1.29 is 17.9 Å². The Labute approximate surface area is 151 Å². The third kappa shape index (κ3) is 4.75. The van der Waals surface area contributed by atoms with Gasteiger partial charge in [0.05, 0.1) is 18.1 Å². The van der Waals surface area contributed by atoms with Crippen molar-refractivity contribution >= 4 is 22.4 Å². The molecule has 1 aliphatic heterocycles. The molecular weight excluding hydrogens is 352 g/mol. The predicted molar refractivity (Wildman–Crippen MR) is 96.9 cm³/mol. The molecule has 0 atom stereocenters. The van der Waals surface area contributed by atoms with E-state index in [9.17, 15) is 8.42 Å². The van der Waals surface area contributed by atoms with Crippen LogP contribution >= 0.6 is 12.4 Å². The van der Waals surface area contributed by atoms with Gasteiger partial charge in [0.1, 0.15) is 0 Å². The highest BCUT2D eigenvalue weighted by atomic mass is 35.5. The third-order valence-electron chi connectivity index (χ3n) is 4.01. The van der Waals surface area contributed by atoms with Crippen molar-refractivity contribution in [2.45, 2.75) is 37.6 Å². The van der Waals surface area contributed by atoms with Gasteiger partial charge in [-0.25, -0.2) is 8.42 Å². The summed E-state index contributed by atoms with van der Waals surface area (Å²) < 4.78 is 38.2. The quantitative estimate of drug-likeness (QED) is 0.788. The number of ether oxygens (including phenoxy) is 2. The summed E-state index contributed by atoms with van der Waals surface area (Å²) in [5.74, 6) is 1.04. The maximum atomic E-state index is 12.8. The molecule has 0 amide bonds. The average molecular weight is 379 g/mol. The number of sulfonamides is 1. The Kier molecular flexibility index (Phi) is 8.29. The number of halogens is 1. The zero-order valence-electron chi connectivity index (χ0n) is 14.4. The van der Waals surface area contributed by atoms with Crippen molar-refractivity contribution in [1.82, 2.24) is 9.62 Å². The molecule has 1 aliphatic rings. The normalized spacial score (nSPS) is 16.5. The number of hydrogen-bond acceptors (Lipinski definition) is 5. The summed E-state index contributed by atoms with van der Waals surface area (Å²) in [6.45, 7) is 5.77. The fourth-order valence-corrected chi connectivity index (χ4v) is 4.21. The Hall–Kier alpha value is -1.02. The third-order valence-corrected chi connectivity index (χ3v) is 5.91. The van der Waals surface area contributed by atoms with Gasteiger partial charge >= 0.3 is 0 Å². The van der Waals surface area contributed by atoms with Gasteiger partial charge in [0.15, 0.2) is 11.5 Å². The van der Waals surface area contributed by atoms with Crippen LogP contribution in [0.25, 0.3) is 0 Å². The molecule has 1 N–H and O–H groups in total. The van der Waals surface area contributed by atoms with E-state index in [1.807, 2.05) is 20.9 Å². The Morgan fingerprint density at radius 2 is 1.71 bits per heavy atom. The van der Waals surface area contributed by atoms with E-state index >= 15 is 0 Å². The second kappa shape index (κ2) is 9.46. The number of benzene rings is 1. The molecule has 0 spiro atoms. The lowest BCUT2D eigenvalue weighted by Gasteiger charge is -2.31. The van der Waals surface area contributed by atoms with Gasteiger partial charge in [-0.15, -0.1) is 12.4 Å². The largest absolute Gasteiger partial charge is 0.490 e. The lowest BCUT2D eigenvalue weighted by atomic mass is 10.1. The van der Waals surface area contributed by atoms with E-state index in [1.54, 1.807) is 22.5 Å². The number of hydrogen-bond donors (Lipinski definition) is 1. The van der Waals surface area contributed by atoms with Crippen LogP contribution in [0.5, 0.6) is 11.5 Å². The van der Waals surface area contributed by atoms with Crippen LogP contribution in [-0.2, 0) is 10.0 Å². The van der Waals surface area contributed by atoms with Gasteiger partial charge in [-0.05, 0) is 45.9 Å². The van der Waals surface area contributed by atoms with Crippen LogP contribution in [0.15, 0.2) is 23.1 Å². The average Bonchev–Trinajstić information content (AvgIpc) is 2.57. The molecule has 8 heteroatoms. The predicted octanol–water partition coefficient (Wildman–Crippen LogP) is 2.28. The van der Waals surface area contributed by atoms with Crippen molar-refractivity contribution in [1.29, 1.82) is 0 Å². The van der Waals surface area contributed by atoms with Gasteiger partial charge in [0.25, 0.3) is 0 Å². The summed E-state index contributed by atoms with van der Waals surface area (Å²) in [7, 11) is -1.58. The molecule has 0 aromatic heterocycles. The van der Waals surface area contributed by atoms with Crippen LogP contribution in [0.1, 0.15) is 26.7 Å². The van der Waals surface area contributed by atoms with E-state index in [0.717, 1.165) is 12.8 Å². The number of nitrogens with one attached hydrogen (secondary N) is 1.